The smallest absolute Gasteiger partial charge is 0.338 e. The topological polar surface area (TPSA) is 88.7 Å². The predicted octanol–water partition coefficient (Wildman–Crippen LogP) is 3.86. The number of rotatable bonds is 6. The summed E-state index contributed by atoms with van der Waals surface area (Å²) in [6.45, 7) is 8.13. The summed E-state index contributed by atoms with van der Waals surface area (Å²) in [4.78, 5) is 25.6. The molecule has 188 valence electrons. The van der Waals surface area contributed by atoms with Gasteiger partial charge in [0.25, 0.3) is 0 Å². The van der Waals surface area contributed by atoms with Gasteiger partial charge in [0.15, 0.2) is 0 Å². The number of piperidine rings is 2. The molecule has 7 nitrogen and oxygen atoms in total. The van der Waals surface area contributed by atoms with Gasteiger partial charge in [0, 0.05) is 18.2 Å². The molecule has 0 aliphatic carbocycles. The van der Waals surface area contributed by atoms with Gasteiger partial charge < -0.3 is 25.4 Å². The number of carbonyl (C=O) groups is 2. The van der Waals surface area contributed by atoms with Crippen LogP contribution < -0.4 is 16.0 Å². The summed E-state index contributed by atoms with van der Waals surface area (Å²) in [5.74, 6) is -0.477. The minimum Gasteiger partial charge on any atom is -0.456 e. The molecule has 1 amide bonds. The molecule has 4 rings (SSSR count). The minimum absolute atomic E-state index is 0.00213. The zero-order valence-corrected chi connectivity index (χ0v) is 20.9. The van der Waals surface area contributed by atoms with E-state index >= 15 is 0 Å². The first-order valence-corrected chi connectivity index (χ1v) is 12.6. The van der Waals surface area contributed by atoms with Gasteiger partial charge in [-0.15, -0.1) is 0 Å². The third-order valence-corrected chi connectivity index (χ3v) is 6.45. The van der Waals surface area contributed by atoms with Gasteiger partial charge in [0.2, 0.25) is 5.91 Å². The van der Waals surface area contributed by atoms with Crippen molar-refractivity contribution in [3.8, 4) is 0 Å². The van der Waals surface area contributed by atoms with Crippen LogP contribution in [-0.4, -0.2) is 55.4 Å². The number of hydrogen-bond donors (Lipinski definition) is 3. The molecular formula is C28H37N3O4. The van der Waals surface area contributed by atoms with Gasteiger partial charge >= 0.3 is 5.97 Å². The molecule has 0 aromatic heterocycles. The minimum atomic E-state index is -0.557. The third kappa shape index (κ3) is 7.13. The Morgan fingerprint density at radius 1 is 0.943 bits per heavy atom. The lowest BCUT2D eigenvalue weighted by molar-refractivity contribution is -0.120. The Morgan fingerprint density at radius 2 is 1.63 bits per heavy atom. The monoisotopic (exact) mass is 479 g/mol. The number of amides is 1. The average molecular weight is 480 g/mol. The maximum absolute atomic E-state index is 13.3. The molecule has 0 radical (unpaired) electrons. The number of hydrogen-bond acceptors (Lipinski definition) is 6. The van der Waals surface area contributed by atoms with Gasteiger partial charge in [0.05, 0.1) is 23.8 Å². The van der Waals surface area contributed by atoms with E-state index in [1.165, 1.54) is 0 Å². The van der Waals surface area contributed by atoms with Gasteiger partial charge in [-0.2, -0.15) is 0 Å². The number of carbonyl (C=O) groups excluding carboxylic acids is 2. The summed E-state index contributed by atoms with van der Waals surface area (Å²) in [6.07, 6.45) is 3.18. The lowest BCUT2D eigenvalue weighted by atomic mass is 9.83. The Kier molecular flexibility index (Phi) is 8.21. The van der Waals surface area contributed by atoms with Crippen LogP contribution in [-0.2, 0) is 14.3 Å². The molecule has 2 aliphatic heterocycles. The Labute approximate surface area is 208 Å². The highest BCUT2D eigenvalue weighted by atomic mass is 16.6. The summed E-state index contributed by atoms with van der Waals surface area (Å²) in [6, 6.07) is 16.6. The second-order valence-electron chi connectivity index (χ2n) is 10.4. The van der Waals surface area contributed by atoms with Gasteiger partial charge in [-0.3, -0.25) is 4.79 Å². The molecule has 3 atom stereocenters. The first-order valence-electron chi connectivity index (χ1n) is 12.6. The van der Waals surface area contributed by atoms with Crippen LogP contribution >= 0.6 is 0 Å². The Bertz CT molecular complexity index is 982. The highest BCUT2D eigenvalue weighted by molar-refractivity contribution is 5.96. The highest BCUT2D eigenvalue weighted by Gasteiger charge is 2.37. The fourth-order valence-corrected chi connectivity index (χ4v) is 4.76. The highest BCUT2D eigenvalue weighted by Crippen LogP contribution is 2.31. The molecule has 0 unspecified atom stereocenters. The van der Waals surface area contributed by atoms with Crippen molar-refractivity contribution in [2.45, 2.75) is 69.8 Å². The van der Waals surface area contributed by atoms with E-state index in [1.807, 2.05) is 39.0 Å². The molecule has 0 spiro atoms. The number of benzene rings is 2. The maximum atomic E-state index is 13.3. The van der Waals surface area contributed by atoms with Crippen LogP contribution in [0.3, 0.4) is 0 Å². The summed E-state index contributed by atoms with van der Waals surface area (Å²) < 4.78 is 11.8. The van der Waals surface area contributed by atoms with E-state index in [9.17, 15) is 9.59 Å². The van der Waals surface area contributed by atoms with E-state index in [2.05, 4.69) is 28.1 Å². The summed E-state index contributed by atoms with van der Waals surface area (Å²) in [7, 11) is 0. The lowest BCUT2D eigenvalue weighted by Gasteiger charge is -2.38. The van der Waals surface area contributed by atoms with Crippen molar-refractivity contribution in [1.29, 1.82) is 0 Å². The zero-order valence-electron chi connectivity index (χ0n) is 20.9. The standard InChI is InChI=1S/C28H37N3O4/c1-28(2,3)35-27(33)20-9-11-21(12-10-20)31-26(32)25-24(19-7-5-4-6-8-19)17-23(18-30-25)34-22-13-15-29-16-14-22/h4-12,22-25,29-30H,13-18H2,1-3H3,(H,31,32)/t23-,24-,25-/m0/s1. The van der Waals surface area contributed by atoms with Crippen molar-refractivity contribution in [3.63, 3.8) is 0 Å². The summed E-state index contributed by atoms with van der Waals surface area (Å²) >= 11 is 0. The average Bonchev–Trinajstić information content (AvgIpc) is 2.84. The normalized spacial score (nSPS) is 23.5. The first kappa shape index (κ1) is 25.4. The van der Waals surface area contributed by atoms with Crippen molar-refractivity contribution in [2.24, 2.45) is 0 Å². The van der Waals surface area contributed by atoms with Crippen LogP contribution in [0, 0.1) is 0 Å². The number of esters is 1. The van der Waals surface area contributed by atoms with E-state index in [4.69, 9.17) is 9.47 Å². The summed E-state index contributed by atoms with van der Waals surface area (Å²) in [5, 5.41) is 9.85. The summed E-state index contributed by atoms with van der Waals surface area (Å²) in [5.41, 5.74) is 1.66. The molecule has 2 heterocycles. The van der Waals surface area contributed by atoms with Crippen LogP contribution in [0.25, 0.3) is 0 Å². The van der Waals surface area contributed by atoms with E-state index < -0.39 is 5.60 Å². The second kappa shape index (κ2) is 11.3. The van der Waals surface area contributed by atoms with Crippen molar-refractivity contribution >= 4 is 17.6 Å². The van der Waals surface area contributed by atoms with Gasteiger partial charge in [-0.05, 0) is 83.0 Å². The van der Waals surface area contributed by atoms with Crippen molar-refractivity contribution < 1.29 is 19.1 Å². The van der Waals surface area contributed by atoms with Crippen LogP contribution in [0.15, 0.2) is 54.6 Å². The third-order valence-electron chi connectivity index (χ3n) is 6.45. The van der Waals surface area contributed by atoms with Crippen LogP contribution in [0.5, 0.6) is 0 Å². The van der Waals surface area contributed by atoms with Gasteiger partial charge in [-0.25, -0.2) is 4.79 Å². The molecule has 0 bridgehead atoms. The predicted molar refractivity (Wildman–Crippen MR) is 137 cm³/mol. The molecule has 2 saturated heterocycles. The molecule has 2 aromatic rings. The molecule has 2 fully saturated rings. The fraction of sp³-hybridized carbons (Fsp3) is 0.500. The van der Waals surface area contributed by atoms with E-state index in [-0.39, 0.29) is 36.0 Å². The Balaban J connectivity index is 1.42. The molecule has 7 heteroatoms. The van der Waals surface area contributed by atoms with Crippen molar-refractivity contribution in [1.82, 2.24) is 10.6 Å². The van der Waals surface area contributed by atoms with Crippen molar-refractivity contribution in [2.75, 3.05) is 25.0 Å². The fourth-order valence-electron chi connectivity index (χ4n) is 4.76. The molecule has 35 heavy (non-hydrogen) atoms. The largest absolute Gasteiger partial charge is 0.456 e. The number of anilines is 1. The van der Waals surface area contributed by atoms with Crippen molar-refractivity contribution in [3.05, 3.63) is 65.7 Å². The molecule has 3 N–H and O–H groups in total. The van der Waals surface area contributed by atoms with E-state index in [0.717, 1.165) is 37.9 Å². The first-order chi connectivity index (χ1) is 16.8. The zero-order chi connectivity index (χ0) is 24.8. The molecule has 0 saturated carbocycles. The maximum Gasteiger partial charge on any atom is 0.338 e. The molecule has 2 aromatic carbocycles. The van der Waals surface area contributed by atoms with E-state index in [1.54, 1.807) is 24.3 Å². The van der Waals surface area contributed by atoms with Crippen LogP contribution in [0.4, 0.5) is 5.69 Å². The molecule has 2 aliphatic rings. The SMILES string of the molecule is CC(C)(C)OC(=O)c1ccc(NC(=O)[C@H]2NC[C@@H](OC3CCNCC3)C[C@H]2c2ccccc2)cc1. The van der Waals surface area contributed by atoms with Crippen LogP contribution in [0.2, 0.25) is 0 Å². The van der Waals surface area contributed by atoms with E-state index in [0.29, 0.717) is 17.8 Å². The molecular weight excluding hydrogens is 442 g/mol. The Morgan fingerprint density at radius 3 is 2.29 bits per heavy atom. The lowest BCUT2D eigenvalue weighted by Crippen LogP contribution is -2.54. The Hall–Kier alpha value is -2.74. The van der Waals surface area contributed by atoms with Gasteiger partial charge in [-0.1, -0.05) is 30.3 Å². The van der Waals surface area contributed by atoms with Gasteiger partial charge in [0.1, 0.15) is 5.60 Å². The van der Waals surface area contributed by atoms with Crippen LogP contribution in [0.1, 0.15) is 61.9 Å². The number of ether oxygens (including phenoxy) is 2. The number of nitrogens with one attached hydrogen (secondary N) is 3. The second-order valence-corrected chi connectivity index (χ2v) is 10.4. The quantitative estimate of drug-likeness (QED) is 0.545.